The van der Waals surface area contributed by atoms with Gasteiger partial charge in [0.05, 0.1) is 19.9 Å². The third-order valence-corrected chi connectivity index (χ3v) is 5.24. The highest BCUT2D eigenvalue weighted by Gasteiger charge is 2.31. The minimum absolute atomic E-state index is 0.00356. The largest absolute Gasteiger partial charge is 0.493 e. The second kappa shape index (κ2) is 7.47. The first-order valence-corrected chi connectivity index (χ1v) is 9.32. The zero-order chi connectivity index (χ0) is 20.5. The van der Waals surface area contributed by atoms with Gasteiger partial charge in [-0.3, -0.25) is 14.5 Å². The fraction of sp³-hybridized carbons (Fsp3) is 0.217. The van der Waals surface area contributed by atoms with E-state index in [0.717, 1.165) is 22.0 Å². The van der Waals surface area contributed by atoms with E-state index in [1.54, 1.807) is 31.1 Å². The molecule has 0 aliphatic carbocycles. The van der Waals surface area contributed by atoms with E-state index in [-0.39, 0.29) is 18.4 Å². The molecular weight excluding hydrogens is 368 g/mol. The molecule has 3 aromatic rings. The Labute approximate surface area is 169 Å². The van der Waals surface area contributed by atoms with E-state index in [1.165, 1.54) is 0 Å². The predicted octanol–water partition coefficient (Wildman–Crippen LogP) is 3.48. The Morgan fingerprint density at radius 2 is 1.72 bits per heavy atom. The van der Waals surface area contributed by atoms with E-state index < -0.39 is 0 Å². The average Bonchev–Trinajstić information content (AvgIpc) is 3.01. The van der Waals surface area contributed by atoms with Crippen LogP contribution in [0.5, 0.6) is 11.5 Å². The van der Waals surface area contributed by atoms with Crippen molar-refractivity contribution in [3.8, 4) is 11.5 Å². The number of carbonyl (C=O) groups excluding carboxylic acids is 2. The van der Waals surface area contributed by atoms with Crippen molar-refractivity contribution in [3.63, 3.8) is 0 Å². The quantitative estimate of drug-likeness (QED) is 0.647. The highest BCUT2D eigenvalue weighted by atomic mass is 16.5. The Morgan fingerprint density at radius 3 is 2.45 bits per heavy atom. The standard InChI is InChI=1S/C23H22N2O4/c1-24(13-15-10-11-19(28-2)20(12-15)29-3)21(26)14-25-18-9-5-7-16-6-4-8-17(22(16)18)23(25)27/h4-12H,13-14H2,1-3H3. The number of likely N-dealkylation sites (N-methyl/N-ethyl adjacent to an activating group) is 1. The van der Waals surface area contributed by atoms with Gasteiger partial charge in [0.2, 0.25) is 5.91 Å². The number of anilines is 1. The van der Waals surface area contributed by atoms with Crippen LogP contribution in [0.25, 0.3) is 10.8 Å². The maximum atomic E-state index is 12.9. The van der Waals surface area contributed by atoms with Crippen LogP contribution in [-0.4, -0.2) is 44.5 Å². The molecule has 0 saturated heterocycles. The molecule has 2 amide bonds. The number of ether oxygens (including phenoxy) is 2. The van der Waals surface area contributed by atoms with E-state index in [4.69, 9.17) is 9.47 Å². The number of carbonyl (C=O) groups is 2. The molecule has 0 atom stereocenters. The Kier molecular flexibility index (Phi) is 4.84. The molecule has 1 aliphatic heterocycles. The fourth-order valence-electron chi connectivity index (χ4n) is 3.73. The number of nitrogens with zero attached hydrogens (tertiary/aromatic N) is 2. The molecule has 0 bridgehead atoms. The molecule has 148 valence electrons. The summed E-state index contributed by atoms with van der Waals surface area (Å²) in [4.78, 5) is 28.9. The van der Waals surface area contributed by atoms with E-state index >= 15 is 0 Å². The lowest BCUT2D eigenvalue weighted by Crippen LogP contribution is -2.39. The van der Waals surface area contributed by atoms with Gasteiger partial charge in [-0.05, 0) is 35.2 Å². The molecule has 4 rings (SSSR count). The van der Waals surface area contributed by atoms with Crippen molar-refractivity contribution < 1.29 is 19.1 Å². The summed E-state index contributed by atoms with van der Waals surface area (Å²) in [6, 6.07) is 17.0. The molecular formula is C23H22N2O4. The van der Waals surface area contributed by atoms with E-state index in [1.807, 2.05) is 54.6 Å². The van der Waals surface area contributed by atoms with Gasteiger partial charge in [0.15, 0.2) is 11.5 Å². The Hall–Kier alpha value is -3.54. The summed E-state index contributed by atoms with van der Waals surface area (Å²) in [7, 11) is 4.89. The summed E-state index contributed by atoms with van der Waals surface area (Å²) in [6.07, 6.45) is 0. The van der Waals surface area contributed by atoms with Gasteiger partial charge in [0.25, 0.3) is 5.91 Å². The van der Waals surface area contributed by atoms with Crippen LogP contribution < -0.4 is 14.4 Å². The molecule has 1 aliphatic rings. The number of rotatable bonds is 6. The second-order valence-electron chi connectivity index (χ2n) is 7.01. The van der Waals surface area contributed by atoms with Crippen molar-refractivity contribution in [1.82, 2.24) is 4.90 Å². The third-order valence-electron chi connectivity index (χ3n) is 5.24. The number of hydrogen-bond donors (Lipinski definition) is 0. The summed E-state index contributed by atoms with van der Waals surface area (Å²) in [5, 5.41) is 1.91. The maximum Gasteiger partial charge on any atom is 0.259 e. The van der Waals surface area contributed by atoms with Gasteiger partial charge in [0, 0.05) is 24.5 Å². The number of methoxy groups -OCH3 is 2. The molecule has 0 aromatic heterocycles. The molecule has 0 radical (unpaired) electrons. The monoisotopic (exact) mass is 390 g/mol. The summed E-state index contributed by atoms with van der Waals surface area (Å²) >= 11 is 0. The van der Waals surface area contributed by atoms with Crippen LogP contribution in [0.4, 0.5) is 5.69 Å². The molecule has 6 heteroatoms. The average molecular weight is 390 g/mol. The number of benzene rings is 3. The highest BCUT2D eigenvalue weighted by molar-refractivity contribution is 6.26. The molecule has 29 heavy (non-hydrogen) atoms. The first-order valence-electron chi connectivity index (χ1n) is 9.32. The van der Waals surface area contributed by atoms with Gasteiger partial charge < -0.3 is 14.4 Å². The Bertz CT molecular complexity index is 1100. The van der Waals surface area contributed by atoms with E-state index in [0.29, 0.717) is 23.6 Å². The van der Waals surface area contributed by atoms with Gasteiger partial charge in [-0.1, -0.05) is 30.3 Å². The predicted molar refractivity (Wildman–Crippen MR) is 112 cm³/mol. The number of hydrogen-bond acceptors (Lipinski definition) is 4. The van der Waals surface area contributed by atoms with Gasteiger partial charge in [0.1, 0.15) is 6.54 Å². The van der Waals surface area contributed by atoms with Crippen molar-refractivity contribution >= 4 is 28.3 Å². The van der Waals surface area contributed by atoms with Crippen LogP contribution in [0.15, 0.2) is 54.6 Å². The summed E-state index contributed by atoms with van der Waals surface area (Å²) < 4.78 is 10.6. The molecule has 0 saturated carbocycles. The first-order chi connectivity index (χ1) is 14.0. The molecule has 0 spiro atoms. The molecule has 0 fully saturated rings. The lowest BCUT2D eigenvalue weighted by atomic mass is 10.1. The Balaban J connectivity index is 1.52. The Morgan fingerprint density at radius 1 is 1.00 bits per heavy atom. The SMILES string of the molecule is COc1ccc(CN(C)C(=O)CN2C(=O)c3cccc4cccc2c34)cc1OC. The van der Waals surface area contributed by atoms with Crippen LogP contribution in [0, 0.1) is 0 Å². The minimum atomic E-state index is -0.141. The van der Waals surface area contributed by atoms with Crippen LogP contribution in [0.3, 0.4) is 0 Å². The van der Waals surface area contributed by atoms with Crippen molar-refractivity contribution in [1.29, 1.82) is 0 Å². The zero-order valence-electron chi connectivity index (χ0n) is 16.6. The van der Waals surface area contributed by atoms with E-state index in [9.17, 15) is 9.59 Å². The summed E-state index contributed by atoms with van der Waals surface area (Å²) in [5.74, 6) is 0.976. The van der Waals surface area contributed by atoms with Gasteiger partial charge in [-0.25, -0.2) is 0 Å². The van der Waals surface area contributed by atoms with Crippen molar-refractivity contribution in [2.45, 2.75) is 6.54 Å². The van der Waals surface area contributed by atoms with Gasteiger partial charge in [-0.2, -0.15) is 0 Å². The van der Waals surface area contributed by atoms with Crippen molar-refractivity contribution in [2.24, 2.45) is 0 Å². The van der Waals surface area contributed by atoms with Crippen LogP contribution in [-0.2, 0) is 11.3 Å². The molecule has 0 unspecified atom stereocenters. The summed E-state index contributed by atoms with van der Waals surface area (Å²) in [6.45, 7) is 0.398. The van der Waals surface area contributed by atoms with Gasteiger partial charge >= 0.3 is 0 Å². The number of amides is 2. The van der Waals surface area contributed by atoms with Crippen LogP contribution in [0.1, 0.15) is 15.9 Å². The second-order valence-corrected chi connectivity index (χ2v) is 7.01. The normalized spacial score (nSPS) is 12.4. The zero-order valence-corrected chi connectivity index (χ0v) is 16.6. The highest BCUT2D eigenvalue weighted by Crippen LogP contribution is 2.37. The molecule has 0 N–H and O–H groups in total. The maximum absolute atomic E-state index is 12.9. The lowest BCUT2D eigenvalue weighted by molar-refractivity contribution is -0.128. The lowest BCUT2D eigenvalue weighted by Gasteiger charge is -2.23. The first kappa shape index (κ1) is 18.8. The van der Waals surface area contributed by atoms with Crippen molar-refractivity contribution in [2.75, 3.05) is 32.7 Å². The smallest absolute Gasteiger partial charge is 0.259 e. The fourth-order valence-corrected chi connectivity index (χ4v) is 3.73. The van der Waals surface area contributed by atoms with E-state index in [2.05, 4.69) is 0 Å². The third kappa shape index (κ3) is 3.27. The summed E-state index contributed by atoms with van der Waals surface area (Å²) in [5.41, 5.74) is 2.35. The van der Waals surface area contributed by atoms with Crippen LogP contribution >= 0.6 is 0 Å². The molecule has 3 aromatic carbocycles. The molecule has 6 nitrogen and oxygen atoms in total. The van der Waals surface area contributed by atoms with Crippen LogP contribution in [0.2, 0.25) is 0 Å². The topological polar surface area (TPSA) is 59.1 Å². The van der Waals surface area contributed by atoms with Gasteiger partial charge in [-0.15, -0.1) is 0 Å². The molecule has 1 heterocycles. The van der Waals surface area contributed by atoms with Crippen molar-refractivity contribution in [3.05, 3.63) is 65.7 Å². The minimum Gasteiger partial charge on any atom is -0.493 e.